The molecule has 0 aliphatic rings. The second-order valence-electron chi connectivity index (χ2n) is 5.69. The molecule has 2 aromatic rings. The van der Waals surface area contributed by atoms with Gasteiger partial charge in [-0.2, -0.15) is 0 Å². The maximum Gasteiger partial charge on any atom is 0.339 e. The van der Waals surface area contributed by atoms with E-state index in [1.165, 1.54) is 50.4 Å². The highest BCUT2D eigenvalue weighted by atomic mass is 35.5. The lowest BCUT2D eigenvalue weighted by molar-refractivity contribution is -0.385. The van der Waals surface area contributed by atoms with Crippen LogP contribution < -0.4 is 4.31 Å². The summed E-state index contributed by atoms with van der Waals surface area (Å²) in [4.78, 5) is 22.1. The van der Waals surface area contributed by atoms with E-state index in [0.29, 0.717) is 5.56 Å². The van der Waals surface area contributed by atoms with E-state index in [1.807, 2.05) is 0 Å². The Morgan fingerprint density at radius 3 is 2.57 bits per heavy atom. The molecule has 8 nitrogen and oxygen atoms in total. The van der Waals surface area contributed by atoms with E-state index in [4.69, 9.17) is 11.6 Å². The summed E-state index contributed by atoms with van der Waals surface area (Å²) < 4.78 is 31.9. The van der Waals surface area contributed by atoms with Crippen LogP contribution in [-0.2, 0) is 14.8 Å². The summed E-state index contributed by atoms with van der Waals surface area (Å²) >= 11 is 5.99. The molecule has 0 aliphatic heterocycles. The normalized spacial score (nSPS) is 11.0. The average molecular weight is 425 g/mol. The third-order valence-corrected chi connectivity index (χ3v) is 6.02. The van der Waals surface area contributed by atoms with Crippen LogP contribution in [0.5, 0.6) is 0 Å². The van der Waals surface area contributed by atoms with Gasteiger partial charge in [-0.15, -0.1) is 6.58 Å². The van der Waals surface area contributed by atoms with Crippen molar-refractivity contribution < 1.29 is 22.9 Å². The Morgan fingerprint density at radius 2 is 2.00 bits per heavy atom. The quantitative estimate of drug-likeness (QED) is 0.290. The Bertz CT molecular complexity index is 1050. The number of aryl methyl sites for hydroxylation is 1. The number of halogens is 1. The van der Waals surface area contributed by atoms with Gasteiger partial charge in [0.25, 0.3) is 15.7 Å². The topological polar surface area (TPSA) is 107 Å². The number of nitrogens with zero attached hydrogens (tertiary/aromatic N) is 2. The molecular formula is C18H17ClN2O6S. The highest BCUT2D eigenvalue weighted by Crippen LogP contribution is 2.30. The fraction of sp³-hybridized carbons (Fsp3) is 0.167. The molecular weight excluding hydrogens is 408 g/mol. The van der Waals surface area contributed by atoms with Gasteiger partial charge in [0.1, 0.15) is 0 Å². The predicted molar refractivity (Wildman–Crippen MR) is 105 cm³/mol. The molecule has 0 heterocycles. The monoisotopic (exact) mass is 424 g/mol. The van der Waals surface area contributed by atoms with E-state index < -0.39 is 20.9 Å². The number of anilines is 1. The standard InChI is InChI=1S/C18H17ClN2O6S/c1-4-9-20(13-6-8-16(19)15(10-13)18(22)27-3)28(25,26)14-7-5-12(2)17(11-14)21(23)24/h4-8,10-11H,1,9H2,2-3H3. The van der Waals surface area contributed by atoms with Crippen molar-refractivity contribution in [1.82, 2.24) is 0 Å². The van der Waals surface area contributed by atoms with Crippen LogP contribution in [0.15, 0.2) is 53.9 Å². The van der Waals surface area contributed by atoms with Gasteiger partial charge in [0.2, 0.25) is 0 Å². The van der Waals surface area contributed by atoms with Crippen molar-refractivity contribution in [2.24, 2.45) is 0 Å². The zero-order valence-electron chi connectivity index (χ0n) is 15.1. The van der Waals surface area contributed by atoms with E-state index in [2.05, 4.69) is 11.3 Å². The minimum Gasteiger partial charge on any atom is -0.465 e. The van der Waals surface area contributed by atoms with Gasteiger partial charge in [0.05, 0.1) is 39.7 Å². The first-order valence-corrected chi connectivity index (χ1v) is 9.71. The molecule has 0 atom stereocenters. The Morgan fingerprint density at radius 1 is 1.32 bits per heavy atom. The summed E-state index contributed by atoms with van der Waals surface area (Å²) in [5.74, 6) is -0.728. The SMILES string of the molecule is C=CCN(c1ccc(Cl)c(C(=O)OC)c1)S(=O)(=O)c1ccc(C)c([N+](=O)[O-])c1. The first kappa shape index (κ1) is 21.4. The number of carbonyl (C=O) groups excluding carboxylic acids is 1. The van der Waals surface area contributed by atoms with Gasteiger partial charge in [-0.1, -0.05) is 23.7 Å². The summed E-state index contributed by atoms with van der Waals surface area (Å²) in [5.41, 5.74) is 0.137. The van der Waals surface area contributed by atoms with Crippen LogP contribution in [0.2, 0.25) is 5.02 Å². The number of carbonyl (C=O) groups is 1. The van der Waals surface area contributed by atoms with Crippen molar-refractivity contribution in [2.75, 3.05) is 18.0 Å². The lowest BCUT2D eigenvalue weighted by Crippen LogP contribution is -2.31. The fourth-order valence-corrected chi connectivity index (χ4v) is 4.11. The van der Waals surface area contributed by atoms with E-state index >= 15 is 0 Å². The van der Waals surface area contributed by atoms with Gasteiger partial charge >= 0.3 is 5.97 Å². The highest BCUT2D eigenvalue weighted by Gasteiger charge is 2.27. The fourth-order valence-electron chi connectivity index (χ4n) is 2.47. The molecule has 0 aromatic heterocycles. The molecule has 0 fully saturated rings. The van der Waals surface area contributed by atoms with Crippen LogP contribution in [0.3, 0.4) is 0 Å². The molecule has 148 valence electrons. The lowest BCUT2D eigenvalue weighted by Gasteiger charge is -2.24. The number of methoxy groups -OCH3 is 1. The summed E-state index contributed by atoms with van der Waals surface area (Å²) in [6, 6.07) is 7.70. The molecule has 2 rings (SSSR count). The number of ether oxygens (including phenoxy) is 1. The van der Waals surface area contributed by atoms with Gasteiger partial charge in [-0.3, -0.25) is 14.4 Å². The van der Waals surface area contributed by atoms with Crippen LogP contribution in [0, 0.1) is 17.0 Å². The van der Waals surface area contributed by atoms with Crippen molar-refractivity contribution in [3.8, 4) is 0 Å². The van der Waals surface area contributed by atoms with Gasteiger partial charge in [-0.05, 0) is 31.2 Å². The molecule has 0 N–H and O–H groups in total. The molecule has 0 unspecified atom stereocenters. The molecule has 0 saturated heterocycles. The Balaban J connectivity index is 2.63. The van der Waals surface area contributed by atoms with Crippen molar-refractivity contribution in [3.63, 3.8) is 0 Å². The molecule has 0 radical (unpaired) electrons. The zero-order chi connectivity index (χ0) is 21.1. The maximum absolute atomic E-state index is 13.2. The Labute approximate surface area is 167 Å². The van der Waals surface area contributed by atoms with Crippen LogP contribution >= 0.6 is 11.6 Å². The third-order valence-electron chi connectivity index (χ3n) is 3.90. The van der Waals surface area contributed by atoms with Crippen molar-refractivity contribution in [1.29, 1.82) is 0 Å². The van der Waals surface area contributed by atoms with Crippen molar-refractivity contribution in [3.05, 3.63) is 75.3 Å². The van der Waals surface area contributed by atoms with Gasteiger partial charge in [-0.25, -0.2) is 13.2 Å². The van der Waals surface area contributed by atoms with Gasteiger partial charge in [0.15, 0.2) is 0 Å². The lowest BCUT2D eigenvalue weighted by atomic mass is 10.2. The van der Waals surface area contributed by atoms with Gasteiger partial charge < -0.3 is 4.74 Å². The number of esters is 1. The number of nitro groups is 1. The highest BCUT2D eigenvalue weighted by molar-refractivity contribution is 7.92. The molecule has 0 amide bonds. The number of hydrogen-bond acceptors (Lipinski definition) is 6. The number of benzene rings is 2. The van der Waals surface area contributed by atoms with Crippen LogP contribution in [0.4, 0.5) is 11.4 Å². The zero-order valence-corrected chi connectivity index (χ0v) is 16.7. The molecule has 0 saturated carbocycles. The van der Waals surface area contributed by atoms with Crippen molar-refractivity contribution >= 4 is 39.0 Å². The summed E-state index contributed by atoms with van der Waals surface area (Å²) in [6.45, 7) is 4.93. The molecule has 0 aliphatic carbocycles. The Kier molecular flexibility index (Phi) is 6.42. The van der Waals surface area contributed by atoms with E-state index in [1.54, 1.807) is 0 Å². The minimum atomic E-state index is -4.19. The predicted octanol–water partition coefficient (Wildman–Crippen LogP) is 3.72. The summed E-state index contributed by atoms with van der Waals surface area (Å²) in [5, 5.41) is 11.3. The number of hydrogen-bond donors (Lipinski definition) is 0. The molecule has 28 heavy (non-hydrogen) atoms. The maximum atomic E-state index is 13.2. The van der Waals surface area contributed by atoms with Crippen LogP contribution in [-0.4, -0.2) is 33.0 Å². The second-order valence-corrected chi connectivity index (χ2v) is 7.96. The molecule has 2 aromatic carbocycles. The Hall–Kier alpha value is -2.91. The number of sulfonamides is 1. The smallest absolute Gasteiger partial charge is 0.339 e. The first-order valence-electron chi connectivity index (χ1n) is 7.90. The largest absolute Gasteiger partial charge is 0.465 e. The average Bonchev–Trinajstić information content (AvgIpc) is 2.66. The van der Waals surface area contributed by atoms with Gasteiger partial charge in [0, 0.05) is 11.6 Å². The molecule has 0 bridgehead atoms. The van der Waals surface area contributed by atoms with E-state index in [9.17, 15) is 23.3 Å². The second kappa shape index (κ2) is 8.41. The minimum absolute atomic E-state index is 0.0131. The van der Waals surface area contributed by atoms with Crippen molar-refractivity contribution in [2.45, 2.75) is 11.8 Å². The summed E-state index contributed by atoms with van der Waals surface area (Å²) in [7, 11) is -3.01. The first-order chi connectivity index (χ1) is 13.1. The van der Waals surface area contributed by atoms with Crippen LogP contribution in [0.25, 0.3) is 0 Å². The number of rotatable bonds is 7. The molecule has 0 spiro atoms. The van der Waals surface area contributed by atoms with E-state index in [-0.39, 0.29) is 33.4 Å². The van der Waals surface area contributed by atoms with E-state index in [0.717, 1.165) is 10.4 Å². The van der Waals surface area contributed by atoms with Crippen LogP contribution in [0.1, 0.15) is 15.9 Å². The summed E-state index contributed by atoms with van der Waals surface area (Å²) in [6.07, 6.45) is 1.35. The molecule has 10 heteroatoms. The third kappa shape index (κ3) is 4.15. The number of nitro benzene ring substituents is 1.